The molecule has 0 aliphatic heterocycles. The number of amides is 1. The van der Waals surface area contributed by atoms with Gasteiger partial charge in [-0.3, -0.25) is 4.79 Å². The van der Waals surface area contributed by atoms with Crippen molar-refractivity contribution in [1.29, 1.82) is 0 Å². The molecule has 1 fully saturated rings. The predicted molar refractivity (Wildman–Crippen MR) is 77.8 cm³/mol. The molecule has 1 amide bonds. The van der Waals surface area contributed by atoms with Crippen molar-refractivity contribution in [2.45, 2.75) is 39.0 Å². The molecule has 3 N–H and O–H groups in total. The number of nitrogens with one attached hydrogen (secondary N) is 1. The van der Waals surface area contributed by atoms with Gasteiger partial charge in [-0.25, -0.2) is 0 Å². The number of phenols is 2. The van der Waals surface area contributed by atoms with Crippen LogP contribution in [0.2, 0.25) is 0 Å². The highest BCUT2D eigenvalue weighted by Crippen LogP contribution is 2.30. The van der Waals surface area contributed by atoms with E-state index in [1.807, 2.05) is 0 Å². The van der Waals surface area contributed by atoms with Gasteiger partial charge >= 0.3 is 0 Å². The van der Waals surface area contributed by atoms with Gasteiger partial charge in [0.2, 0.25) is 0 Å². The molecule has 2 unspecified atom stereocenters. The molecule has 0 heterocycles. The van der Waals surface area contributed by atoms with Crippen molar-refractivity contribution in [2.75, 3.05) is 6.54 Å². The van der Waals surface area contributed by atoms with Crippen molar-refractivity contribution >= 4 is 5.91 Å². The Balaban J connectivity index is 1.78. The Morgan fingerprint density at radius 2 is 2.10 bits per heavy atom. The minimum atomic E-state index is -0.265. The Kier molecular flexibility index (Phi) is 4.88. The predicted octanol–water partition coefficient (Wildman–Crippen LogP) is 3.04. The zero-order valence-corrected chi connectivity index (χ0v) is 11.9. The van der Waals surface area contributed by atoms with Crippen molar-refractivity contribution in [3.8, 4) is 11.5 Å². The van der Waals surface area contributed by atoms with E-state index in [4.69, 9.17) is 0 Å². The van der Waals surface area contributed by atoms with E-state index >= 15 is 0 Å². The van der Waals surface area contributed by atoms with Crippen molar-refractivity contribution in [3.63, 3.8) is 0 Å². The highest BCUT2D eigenvalue weighted by molar-refractivity contribution is 5.94. The number of carbonyl (C=O) groups is 1. The molecule has 1 saturated carbocycles. The molecule has 0 saturated heterocycles. The number of carbonyl (C=O) groups excluding carboxylic acids is 1. The SMILES string of the molecule is CC1CCCC(CCNC(=O)c2ccc(O)c(O)c2)C1. The van der Waals surface area contributed by atoms with Crippen molar-refractivity contribution in [2.24, 2.45) is 11.8 Å². The Labute approximate surface area is 119 Å². The first-order chi connectivity index (χ1) is 9.56. The zero-order valence-electron chi connectivity index (χ0n) is 11.9. The highest BCUT2D eigenvalue weighted by atomic mass is 16.3. The van der Waals surface area contributed by atoms with Crippen LogP contribution in [0, 0.1) is 11.8 Å². The lowest BCUT2D eigenvalue weighted by molar-refractivity contribution is 0.0949. The van der Waals surface area contributed by atoms with Gasteiger partial charge in [-0.15, -0.1) is 0 Å². The molecule has 2 atom stereocenters. The molecule has 1 aromatic carbocycles. The third kappa shape index (κ3) is 3.89. The highest BCUT2D eigenvalue weighted by Gasteiger charge is 2.18. The molecule has 0 bridgehead atoms. The van der Waals surface area contributed by atoms with Gasteiger partial charge in [-0.2, -0.15) is 0 Å². The maximum absolute atomic E-state index is 11.9. The summed E-state index contributed by atoms with van der Waals surface area (Å²) in [4.78, 5) is 11.9. The van der Waals surface area contributed by atoms with Gasteiger partial charge in [0, 0.05) is 12.1 Å². The summed E-state index contributed by atoms with van der Waals surface area (Å²) >= 11 is 0. The Morgan fingerprint density at radius 1 is 1.30 bits per heavy atom. The standard InChI is InChI=1S/C16H23NO3/c1-11-3-2-4-12(9-11)7-8-17-16(20)13-5-6-14(18)15(19)10-13/h5-6,10-12,18-19H,2-4,7-9H2,1H3,(H,17,20). The molecule has 4 heteroatoms. The van der Waals surface area contributed by atoms with Crippen LogP contribution in [-0.2, 0) is 0 Å². The molecular formula is C16H23NO3. The second-order valence-corrected chi connectivity index (χ2v) is 5.89. The van der Waals surface area contributed by atoms with E-state index in [2.05, 4.69) is 12.2 Å². The first-order valence-electron chi connectivity index (χ1n) is 7.36. The summed E-state index contributed by atoms with van der Waals surface area (Å²) in [7, 11) is 0. The largest absolute Gasteiger partial charge is 0.504 e. The average Bonchev–Trinajstić information content (AvgIpc) is 2.42. The number of aromatic hydroxyl groups is 2. The number of rotatable bonds is 4. The summed E-state index contributed by atoms with van der Waals surface area (Å²) in [6.45, 7) is 2.96. The van der Waals surface area contributed by atoms with Crippen molar-refractivity contribution < 1.29 is 15.0 Å². The van der Waals surface area contributed by atoms with Gasteiger partial charge in [0.15, 0.2) is 11.5 Å². The summed E-state index contributed by atoms with van der Waals surface area (Å²) in [6, 6.07) is 4.12. The molecule has 4 nitrogen and oxygen atoms in total. The van der Waals surface area contributed by atoms with Crippen LogP contribution < -0.4 is 5.32 Å². The maximum atomic E-state index is 11.9. The van der Waals surface area contributed by atoms with E-state index in [-0.39, 0.29) is 17.4 Å². The van der Waals surface area contributed by atoms with Gasteiger partial charge in [0.1, 0.15) is 0 Å². The number of hydrogen-bond acceptors (Lipinski definition) is 3. The van der Waals surface area contributed by atoms with E-state index in [0.29, 0.717) is 18.0 Å². The quantitative estimate of drug-likeness (QED) is 0.741. The van der Waals surface area contributed by atoms with Crippen LogP contribution in [0.15, 0.2) is 18.2 Å². The lowest BCUT2D eigenvalue weighted by atomic mass is 9.81. The number of benzene rings is 1. The molecule has 1 aliphatic carbocycles. The van der Waals surface area contributed by atoms with Gasteiger partial charge in [-0.1, -0.05) is 26.2 Å². The summed E-state index contributed by atoms with van der Waals surface area (Å²) in [6.07, 6.45) is 6.16. The van der Waals surface area contributed by atoms with Crippen molar-refractivity contribution in [1.82, 2.24) is 5.32 Å². The summed E-state index contributed by atoms with van der Waals surface area (Å²) in [5.74, 6) is 0.839. The van der Waals surface area contributed by atoms with E-state index in [1.54, 1.807) is 0 Å². The molecule has 0 radical (unpaired) electrons. The third-order valence-corrected chi connectivity index (χ3v) is 4.12. The third-order valence-electron chi connectivity index (χ3n) is 4.12. The van der Waals surface area contributed by atoms with E-state index in [0.717, 1.165) is 12.3 Å². The fourth-order valence-corrected chi connectivity index (χ4v) is 2.98. The van der Waals surface area contributed by atoms with Crippen LogP contribution in [-0.4, -0.2) is 22.7 Å². The van der Waals surface area contributed by atoms with Crippen LogP contribution in [0.1, 0.15) is 49.4 Å². The van der Waals surface area contributed by atoms with Gasteiger partial charge < -0.3 is 15.5 Å². The van der Waals surface area contributed by atoms with Gasteiger partial charge in [0.05, 0.1) is 0 Å². The maximum Gasteiger partial charge on any atom is 0.251 e. The Morgan fingerprint density at radius 3 is 2.80 bits per heavy atom. The smallest absolute Gasteiger partial charge is 0.251 e. The lowest BCUT2D eigenvalue weighted by Crippen LogP contribution is -2.27. The average molecular weight is 277 g/mol. The molecule has 2 rings (SSSR count). The van der Waals surface area contributed by atoms with Crippen LogP contribution in [0.4, 0.5) is 0 Å². The van der Waals surface area contributed by atoms with E-state index < -0.39 is 0 Å². The summed E-state index contributed by atoms with van der Waals surface area (Å²) in [5.41, 5.74) is 0.373. The first kappa shape index (κ1) is 14.7. The van der Waals surface area contributed by atoms with E-state index in [1.165, 1.54) is 43.9 Å². The minimum Gasteiger partial charge on any atom is -0.504 e. The van der Waals surface area contributed by atoms with Crippen LogP contribution in [0.25, 0.3) is 0 Å². The molecule has 0 spiro atoms. The van der Waals surface area contributed by atoms with Crippen LogP contribution in [0.3, 0.4) is 0 Å². The van der Waals surface area contributed by atoms with E-state index in [9.17, 15) is 15.0 Å². The van der Waals surface area contributed by atoms with Crippen molar-refractivity contribution in [3.05, 3.63) is 23.8 Å². The summed E-state index contributed by atoms with van der Waals surface area (Å²) in [5, 5.41) is 21.5. The second kappa shape index (κ2) is 6.64. The minimum absolute atomic E-state index is 0.204. The molecule has 0 aromatic heterocycles. The molecule has 20 heavy (non-hydrogen) atoms. The van der Waals surface area contributed by atoms with Gasteiger partial charge in [-0.05, 0) is 42.9 Å². The Bertz CT molecular complexity index is 473. The molecule has 1 aromatic rings. The monoisotopic (exact) mass is 277 g/mol. The fraction of sp³-hybridized carbons (Fsp3) is 0.562. The van der Waals surface area contributed by atoms with Crippen LogP contribution >= 0.6 is 0 Å². The normalized spacial score (nSPS) is 22.4. The second-order valence-electron chi connectivity index (χ2n) is 5.89. The Hall–Kier alpha value is -1.71. The molecule has 110 valence electrons. The number of hydrogen-bond donors (Lipinski definition) is 3. The van der Waals surface area contributed by atoms with Crippen LogP contribution in [0.5, 0.6) is 11.5 Å². The topological polar surface area (TPSA) is 69.6 Å². The lowest BCUT2D eigenvalue weighted by Gasteiger charge is -2.26. The number of phenolic OH excluding ortho intramolecular Hbond substituents is 2. The zero-order chi connectivity index (χ0) is 14.5. The first-order valence-corrected chi connectivity index (χ1v) is 7.36. The fourth-order valence-electron chi connectivity index (χ4n) is 2.98. The summed E-state index contributed by atoms with van der Waals surface area (Å²) < 4.78 is 0. The molecule has 1 aliphatic rings. The van der Waals surface area contributed by atoms with Gasteiger partial charge in [0.25, 0.3) is 5.91 Å². The molecular weight excluding hydrogens is 254 g/mol.